The molecule has 5 rings (SSSR count). The lowest BCUT2D eigenvalue weighted by molar-refractivity contribution is 0.236. The van der Waals surface area contributed by atoms with Crippen molar-refractivity contribution in [3.8, 4) is 11.3 Å². The molecule has 0 fully saturated rings. The van der Waals surface area contributed by atoms with Gasteiger partial charge in [0.05, 0.1) is 30.1 Å². The van der Waals surface area contributed by atoms with Crippen LogP contribution in [0.1, 0.15) is 47.3 Å². The smallest absolute Gasteiger partial charge is 0.251 e. The molecule has 4 heterocycles. The largest absolute Gasteiger partial charge is 0.391 e. The molecule has 36 heavy (non-hydrogen) atoms. The number of allylic oxidation sites excluding steroid dienone is 2. The summed E-state index contributed by atoms with van der Waals surface area (Å²) in [6.45, 7) is 5.32. The van der Waals surface area contributed by atoms with Gasteiger partial charge in [-0.2, -0.15) is 5.10 Å². The summed E-state index contributed by atoms with van der Waals surface area (Å²) < 4.78 is 1.81. The van der Waals surface area contributed by atoms with E-state index in [-0.39, 0.29) is 24.1 Å². The molecular formula is C25H26ClN7O2S. The van der Waals surface area contributed by atoms with Crippen LogP contribution in [-0.4, -0.2) is 43.2 Å². The van der Waals surface area contributed by atoms with Gasteiger partial charge in [-0.05, 0) is 43.5 Å². The molecule has 9 nitrogen and oxygen atoms in total. The number of imidazole rings is 1. The molecule has 3 aromatic heterocycles. The van der Waals surface area contributed by atoms with E-state index < -0.39 is 5.54 Å². The summed E-state index contributed by atoms with van der Waals surface area (Å²) in [6.07, 6.45) is 10.3. The highest BCUT2D eigenvalue weighted by atomic mass is 35.5. The molecule has 0 saturated carbocycles. The first-order valence-electron chi connectivity index (χ1n) is 11.4. The van der Waals surface area contributed by atoms with Crippen molar-refractivity contribution in [1.82, 2.24) is 19.5 Å². The van der Waals surface area contributed by atoms with E-state index in [1.165, 1.54) is 22.7 Å². The monoisotopic (exact) mass is 523 g/mol. The van der Waals surface area contributed by atoms with E-state index in [2.05, 4.69) is 33.0 Å². The van der Waals surface area contributed by atoms with Gasteiger partial charge in [0.1, 0.15) is 12.2 Å². The number of nitrogens with one attached hydrogen (secondary N) is 1. The Morgan fingerprint density at radius 2 is 2.31 bits per heavy atom. The molecule has 3 unspecified atom stereocenters. The van der Waals surface area contributed by atoms with Crippen molar-refractivity contribution in [3.05, 3.63) is 85.3 Å². The fraction of sp³-hybridized carbons (Fsp3) is 0.280. The van der Waals surface area contributed by atoms with Crippen LogP contribution < -0.4 is 11.4 Å². The van der Waals surface area contributed by atoms with Gasteiger partial charge in [0.15, 0.2) is 0 Å². The summed E-state index contributed by atoms with van der Waals surface area (Å²) >= 11 is 7.86. The van der Waals surface area contributed by atoms with Crippen molar-refractivity contribution in [1.29, 1.82) is 0 Å². The molecular weight excluding hydrogens is 498 g/mol. The second kappa shape index (κ2) is 9.62. The van der Waals surface area contributed by atoms with Crippen molar-refractivity contribution < 1.29 is 5.11 Å². The lowest BCUT2D eigenvalue weighted by atomic mass is 9.77. The molecule has 11 heteroatoms. The number of halogens is 1. The molecule has 0 saturated heterocycles. The summed E-state index contributed by atoms with van der Waals surface area (Å²) in [5.74, 6) is 6.77. The second-order valence-corrected chi connectivity index (χ2v) is 10.5. The van der Waals surface area contributed by atoms with Crippen molar-refractivity contribution in [3.63, 3.8) is 0 Å². The van der Waals surface area contributed by atoms with Gasteiger partial charge in [0, 0.05) is 45.2 Å². The van der Waals surface area contributed by atoms with Gasteiger partial charge in [-0.15, -0.1) is 16.4 Å². The van der Waals surface area contributed by atoms with E-state index in [1.807, 2.05) is 35.1 Å². The van der Waals surface area contributed by atoms with Gasteiger partial charge in [-0.3, -0.25) is 9.80 Å². The Morgan fingerprint density at radius 1 is 1.47 bits per heavy atom. The molecule has 0 aromatic carbocycles. The number of fused-ring (bicyclic) bond motifs is 1. The lowest BCUT2D eigenvalue weighted by Gasteiger charge is -2.41. The lowest BCUT2D eigenvalue weighted by Crippen LogP contribution is -2.53. The SMILES string of the molecule is C=NN=CN(N)C1(C)C=CC(Cl)=CC1c1cc2n(c(=O)c1)C(c1ncc(-c3csc(CO)c3)[nH]1)CC2. The Hall–Kier alpha value is -3.31. The Labute approximate surface area is 216 Å². The Bertz CT molecular complexity index is 1450. The van der Waals surface area contributed by atoms with Crippen LogP contribution in [0, 0.1) is 0 Å². The third kappa shape index (κ3) is 4.26. The number of hydrogen-bond donors (Lipinski definition) is 3. The molecule has 0 amide bonds. The van der Waals surface area contributed by atoms with E-state index >= 15 is 0 Å². The Kier molecular flexibility index (Phi) is 6.52. The average Bonchev–Trinajstić information content (AvgIpc) is 3.62. The van der Waals surface area contributed by atoms with E-state index in [1.54, 1.807) is 18.3 Å². The zero-order valence-corrected chi connectivity index (χ0v) is 21.2. The standard InChI is InChI=1S/C25H26ClN7O2S/c1-25(32(27)14-30-28-2)6-5-17(26)10-20(25)15-7-18-3-4-22(33(18)23(35)9-15)24-29-11-21(31-24)16-8-19(12-34)36-13-16/h5-11,13-14,20,22,34H,2-4,12,27H2,1H3,(H,29,31). The number of nitrogens with two attached hydrogens (primary N) is 1. The summed E-state index contributed by atoms with van der Waals surface area (Å²) in [7, 11) is 0. The van der Waals surface area contributed by atoms with Crippen LogP contribution in [0.15, 0.2) is 68.0 Å². The minimum atomic E-state index is -0.722. The van der Waals surface area contributed by atoms with Crippen molar-refractivity contribution in [2.75, 3.05) is 0 Å². The molecule has 0 radical (unpaired) electrons. The maximum absolute atomic E-state index is 13.4. The predicted molar refractivity (Wildman–Crippen MR) is 143 cm³/mol. The van der Waals surface area contributed by atoms with Crippen LogP contribution in [0.4, 0.5) is 0 Å². The Morgan fingerprint density at radius 3 is 3.06 bits per heavy atom. The normalized spacial score (nSPS) is 23.2. The molecule has 2 aliphatic rings. The fourth-order valence-corrected chi connectivity index (χ4v) is 5.88. The third-order valence-electron chi connectivity index (χ3n) is 6.90. The molecule has 3 aromatic rings. The number of nitrogens with zero attached hydrogens (tertiary/aromatic N) is 5. The van der Waals surface area contributed by atoms with Gasteiger partial charge in [0.2, 0.25) is 0 Å². The maximum atomic E-state index is 13.4. The Balaban J connectivity index is 1.48. The molecule has 1 aliphatic heterocycles. The number of hydrogen-bond acceptors (Lipinski definition) is 7. The number of aromatic nitrogens is 3. The van der Waals surface area contributed by atoms with E-state index in [0.29, 0.717) is 5.03 Å². The number of hydrazine groups is 1. The van der Waals surface area contributed by atoms with Gasteiger partial charge in [-0.1, -0.05) is 23.8 Å². The number of aryl methyl sites for hydroxylation is 1. The number of aromatic amines is 1. The molecule has 1 aliphatic carbocycles. The topological polar surface area (TPSA) is 125 Å². The first-order chi connectivity index (χ1) is 17.3. The number of thiophene rings is 1. The summed E-state index contributed by atoms with van der Waals surface area (Å²) in [5.41, 5.74) is 2.76. The highest BCUT2D eigenvalue weighted by Crippen LogP contribution is 2.40. The molecule has 0 spiro atoms. The van der Waals surface area contributed by atoms with Gasteiger partial charge < -0.3 is 14.7 Å². The number of pyridine rings is 1. The number of aliphatic hydroxyl groups is 1. The van der Waals surface area contributed by atoms with Crippen LogP contribution in [0.3, 0.4) is 0 Å². The summed E-state index contributed by atoms with van der Waals surface area (Å²) in [5, 5.41) is 20.7. The fourth-order valence-electron chi connectivity index (χ4n) is 4.95. The van der Waals surface area contributed by atoms with E-state index in [0.717, 1.165) is 46.1 Å². The van der Waals surface area contributed by atoms with Crippen LogP contribution in [-0.2, 0) is 13.0 Å². The summed E-state index contributed by atoms with van der Waals surface area (Å²) in [4.78, 5) is 22.3. The van der Waals surface area contributed by atoms with Crippen LogP contribution in [0.2, 0.25) is 0 Å². The van der Waals surface area contributed by atoms with Crippen molar-refractivity contribution in [2.24, 2.45) is 16.0 Å². The molecule has 186 valence electrons. The zero-order chi connectivity index (χ0) is 25.4. The van der Waals surface area contributed by atoms with Crippen molar-refractivity contribution >= 4 is 36.0 Å². The van der Waals surface area contributed by atoms with Crippen molar-refractivity contribution in [2.45, 2.75) is 43.9 Å². The first-order valence-corrected chi connectivity index (χ1v) is 12.7. The number of H-pyrrole nitrogens is 1. The minimum absolute atomic E-state index is 0.00941. The van der Waals surface area contributed by atoms with E-state index in [9.17, 15) is 9.90 Å². The quantitative estimate of drug-likeness (QED) is 0.188. The predicted octanol–water partition coefficient (Wildman–Crippen LogP) is 3.68. The highest BCUT2D eigenvalue weighted by molar-refractivity contribution is 7.10. The number of rotatable bonds is 7. The number of aliphatic hydroxyl groups excluding tert-OH is 1. The second-order valence-electron chi connectivity index (χ2n) is 9.05. The molecule has 3 atom stereocenters. The summed E-state index contributed by atoms with van der Waals surface area (Å²) in [6, 6.07) is 5.46. The van der Waals surface area contributed by atoms with Crippen LogP contribution in [0.25, 0.3) is 11.3 Å². The van der Waals surface area contributed by atoms with E-state index in [4.69, 9.17) is 17.4 Å². The zero-order valence-electron chi connectivity index (χ0n) is 19.6. The average molecular weight is 524 g/mol. The maximum Gasteiger partial charge on any atom is 0.251 e. The van der Waals surface area contributed by atoms with Gasteiger partial charge >= 0.3 is 0 Å². The van der Waals surface area contributed by atoms with Gasteiger partial charge in [-0.25, -0.2) is 10.8 Å². The molecule has 0 bridgehead atoms. The molecule has 4 N–H and O–H groups in total. The minimum Gasteiger partial charge on any atom is -0.391 e. The van der Waals surface area contributed by atoms with Crippen LogP contribution in [0.5, 0.6) is 0 Å². The van der Waals surface area contributed by atoms with Crippen LogP contribution >= 0.6 is 22.9 Å². The first kappa shape index (κ1) is 24.4. The third-order valence-corrected chi connectivity index (χ3v) is 8.07. The highest BCUT2D eigenvalue weighted by Gasteiger charge is 2.39. The van der Waals surface area contributed by atoms with Gasteiger partial charge in [0.25, 0.3) is 5.56 Å².